The molecule has 0 aliphatic carbocycles. The Balaban J connectivity index is 1.62. The number of rotatable bonds is 5. The van der Waals surface area contributed by atoms with Crippen molar-refractivity contribution < 1.29 is 14.6 Å². The molecule has 5 rings (SSSR count). The maximum absolute atomic E-state index is 10.5. The fraction of sp³-hybridized carbons (Fsp3) is 0.130. The van der Waals surface area contributed by atoms with Gasteiger partial charge in [0, 0.05) is 11.9 Å². The minimum Gasteiger partial charge on any atom is -0.494 e. The Bertz CT molecular complexity index is 1200. The molecule has 0 amide bonds. The predicted octanol–water partition coefficient (Wildman–Crippen LogP) is 4.06. The number of hydrogen-bond acceptors (Lipinski definition) is 7. The van der Waals surface area contributed by atoms with Crippen molar-refractivity contribution in [3.05, 3.63) is 78.4 Å². The van der Waals surface area contributed by atoms with Crippen LogP contribution in [-0.2, 0) is 6.54 Å². The summed E-state index contributed by atoms with van der Waals surface area (Å²) < 4.78 is 11.1. The predicted molar refractivity (Wildman–Crippen MR) is 115 cm³/mol. The van der Waals surface area contributed by atoms with Gasteiger partial charge in [-0.3, -0.25) is 0 Å². The second-order valence-electron chi connectivity index (χ2n) is 6.85. The number of nitrogens with zero attached hydrogens (tertiary/aromatic N) is 3. The van der Waals surface area contributed by atoms with Crippen LogP contribution in [0.3, 0.4) is 0 Å². The number of aliphatic hydroxyl groups excluding tert-OH is 1. The summed E-state index contributed by atoms with van der Waals surface area (Å²) in [4.78, 5) is 11.0. The number of hydrogen-bond donors (Lipinski definition) is 2. The molecule has 30 heavy (non-hydrogen) atoms. The van der Waals surface area contributed by atoms with Crippen molar-refractivity contribution in [1.82, 2.24) is 9.97 Å². The largest absolute Gasteiger partial charge is 0.494 e. The maximum Gasteiger partial charge on any atom is 0.288 e. The molecule has 3 aromatic carbocycles. The Morgan fingerprint density at radius 1 is 1.00 bits per heavy atom. The topological polar surface area (TPSA) is 79.7 Å². The molecule has 1 aliphatic heterocycles. The molecule has 1 unspecified atom stereocenters. The van der Waals surface area contributed by atoms with Crippen molar-refractivity contribution in [3.63, 3.8) is 0 Å². The lowest BCUT2D eigenvalue weighted by Crippen LogP contribution is -2.31. The number of benzene rings is 3. The number of nitrogens with one attached hydrogen (secondary N) is 1. The van der Waals surface area contributed by atoms with Crippen LogP contribution in [0.25, 0.3) is 10.9 Å². The number of aliphatic hydroxyl groups is 1. The van der Waals surface area contributed by atoms with Crippen LogP contribution >= 0.6 is 0 Å². The molecule has 0 bridgehead atoms. The van der Waals surface area contributed by atoms with E-state index in [0.29, 0.717) is 41.0 Å². The van der Waals surface area contributed by atoms with E-state index in [-0.39, 0.29) is 0 Å². The van der Waals surface area contributed by atoms with Crippen LogP contribution < -0.4 is 19.7 Å². The average Bonchev–Trinajstić information content (AvgIpc) is 3.13. The zero-order valence-corrected chi connectivity index (χ0v) is 16.3. The molecule has 1 aromatic heterocycles. The summed E-state index contributed by atoms with van der Waals surface area (Å²) in [6.45, 7) is 0.596. The van der Waals surface area contributed by atoms with Gasteiger partial charge in [0.1, 0.15) is 22.8 Å². The highest BCUT2D eigenvalue weighted by Gasteiger charge is 2.33. The number of para-hydroxylation sites is 3. The summed E-state index contributed by atoms with van der Waals surface area (Å²) in [5, 5.41) is 14.8. The molecule has 0 saturated heterocycles. The minimum absolute atomic E-state index is 0.319. The lowest BCUT2D eigenvalue weighted by Gasteiger charge is -2.21. The van der Waals surface area contributed by atoms with E-state index < -0.39 is 6.41 Å². The van der Waals surface area contributed by atoms with Crippen molar-refractivity contribution in [2.45, 2.75) is 13.0 Å². The van der Waals surface area contributed by atoms with E-state index in [1.54, 1.807) is 18.1 Å². The molecule has 7 nitrogen and oxygen atoms in total. The fourth-order valence-corrected chi connectivity index (χ4v) is 3.55. The first kappa shape index (κ1) is 18.2. The van der Waals surface area contributed by atoms with Crippen molar-refractivity contribution in [2.24, 2.45) is 0 Å². The molecular weight excluding hydrogens is 380 g/mol. The van der Waals surface area contributed by atoms with Crippen LogP contribution in [0, 0.1) is 0 Å². The van der Waals surface area contributed by atoms with Gasteiger partial charge in [-0.15, -0.1) is 0 Å². The SMILES string of the molecule is COc1cccc2c(NCc3ccccc3)nc(N3c4ccccc4OC3O)nc12. The molecule has 4 aromatic rings. The molecule has 0 radical (unpaired) electrons. The second kappa shape index (κ2) is 7.53. The van der Waals surface area contributed by atoms with Gasteiger partial charge in [0.15, 0.2) is 0 Å². The highest BCUT2D eigenvalue weighted by Crippen LogP contribution is 2.41. The molecule has 1 aliphatic rings. The van der Waals surface area contributed by atoms with Crippen LogP contribution in [0.2, 0.25) is 0 Å². The van der Waals surface area contributed by atoms with Crippen LogP contribution in [0.4, 0.5) is 17.5 Å². The lowest BCUT2D eigenvalue weighted by atomic mass is 10.2. The normalized spacial score (nSPS) is 15.0. The monoisotopic (exact) mass is 400 g/mol. The third-order valence-corrected chi connectivity index (χ3v) is 4.99. The number of methoxy groups -OCH3 is 1. The molecule has 150 valence electrons. The smallest absolute Gasteiger partial charge is 0.288 e. The third-order valence-electron chi connectivity index (χ3n) is 4.99. The Morgan fingerprint density at radius 2 is 1.80 bits per heavy atom. The van der Waals surface area contributed by atoms with Crippen molar-refractivity contribution in [3.8, 4) is 11.5 Å². The molecule has 2 heterocycles. The number of fused-ring (bicyclic) bond motifs is 2. The van der Waals surface area contributed by atoms with Gasteiger partial charge in [0.25, 0.3) is 6.41 Å². The summed E-state index contributed by atoms with van der Waals surface area (Å²) in [6.07, 6.45) is -1.21. The van der Waals surface area contributed by atoms with E-state index in [1.807, 2.05) is 66.7 Å². The van der Waals surface area contributed by atoms with Gasteiger partial charge in [0.05, 0.1) is 12.8 Å². The number of anilines is 3. The van der Waals surface area contributed by atoms with E-state index in [2.05, 4.69) is 5.32 Å². The van der Waals surface area contributed by atoms with Crippen LogP contribution in [0.5, 0.6) is 11.5 Å². The summed E-state index contributed by atoms with van der Waals surface area (Å²) in [6, 6.07) is 23.2. The van der Waals surface area contributed by atoms with E-state index in [9.17, 15) is 5.11 Å². The zero-order valence-electron chi connectivity index (χ0n) is 16.3. The maximum atomic E-state index is 10.5. The molecule has 2 N–H and O–H groups in total. The minimum atomic E-state index is -1.21. The van der Waals surface area contributed by atoms with Crippen molar-refractivity contribution >= 4 is 28.4 Å². The first-order chi connectivity index (χ1) is 14.7. The lowest BCUT2D eigenvalue weighted by molar-refractivity contribution is 0.00417. The van der Waals surface area contributed by atoms with Crippen LogP contribution in [0.15, 0.2) is 72.8 Å². The summed E-state index contributed by atoms with van der Waals surface area (Å²) in [5.74, 6) is 2.17. The highest BCUT2D eigenvalue weighted by atomic mass is 16.6. The van der Waals surface area contributed by atoms with Gasteiger partial charge in [-0.2, -0.15) is 4.98 Å². The first-order valence-corrected chi connectivity index (χ1v) is 9.60. The Labute approximate surface area is 173 Å². The van der Waals surface area contributed by atoms with Gasteiger partial charge in [-0.25, -0.2) is 9.88 Å². The Kier molecular flexibility index (Phi) is 4.57. The van der Waals surface area contributed by atoms with Gasteiger partial charge in [-0.1, -0.05) is 48.5 Å². The molecule has 0 saturated carbocycles. The number of aromatic nitrogens is 2. The molecule has 1 atom stereocenters. The van der Waals surface area contributed by atoms with Gasteiger partial charge >= 0.3 is 0 Å². The Morgan fingerprint density at radius 3 is 2.63 bits per heavy atom. The summed E-state index contributed by atoms with van der Waals surface area (Å²) >= 11 is 0. The quantitative estimate of drug-likeness (QED) is 0.523. The van der Waals surface area contributed by atoms with Crippen molar-refractivity contribution in [2.75, 3.05) is 17.3 Å². The molecule has 0 spiro atoms. The Hall–Kier alpha value is -3.84. The van der Waals surface area contributed by atoms with Crippen LogP contribution in [0.1, 0.15) is 5.56 Å². The van der Waals surface area contributed by atoms with Gasteiger partial charge in [0.2, 0.25) is 5.95 Å². The summed E-state index contributed by atoms with van der Waals surface area (Å²) in [7, 11) is 1.61. The third kappa shape index (κ3) is 3.15. The molecule has 0 fully saturated rings. The first-order valence-electron chi connectivity index (χ1n) is 9.60. The highest BCUT2D eigenvalue weighted by molar-refractivity contribution is 5.94. The van der Waals surface area contributed by atoms with E-state index >= 15 is 0 Å². The van der Waals surface area contributed by atoms with Gasteiger partial charge < -0.3 is 19.9 Å². The van der Waals surface area contributed by atoms with E-state index in [1.165, 1.54) is 0 Å². The standard InChI is InChI=1S/C23H20N4O3/c1-29-19-13-7-10-16-20(19)25-22(26-21(16)24-14-15-8-3-2-4-9-15)27-17-11-5-6-12-18(17)30-23(27)28/h2-13,23,28H,14H2,1H3,(H,24,25,26). The second-order valence-corrected chi connectivity index (χ2v) is 6.85. The molecule has 7 heteroatoms. The van der Waals surface area contributed by atoms with Crippen molar-refractivity contribution in [1.29, 1.82) is 0 Å². The number of ether oxygens (including phenoxy) is 2. The van der Waals surface area contributed by atoms with E-state index in [0.717, 1.165) is 10.9 Å². The van der Waals surface area contributed by atoms with Gasteiger partial charge in [-0.05, 0) is 29.8 Å². The fourth-order valence-electron chi connectivity index (χ4n) is 3.55. The van der Waals surface area contributed by atoms with Crippen LogP contribution in [-0.4, -0.2) is 28.6 Å². The van der Waals surface area contributed by atoms with E-state index in [4.69, 9.17) is 19.4 Å². The average molecular weight is 400 g/mol. The summed E-state index contributed by atoms with van der Waals surface area (Å²) in [5.41, 5.74) is 2.48. The molecular formula is C23H20N4O3. The zero-order chi connectivity index (χ0) is 20.5.